The van der Waals surface area contributed by atoms with Crippen molar-refractivity contribution in [2.24, 2.45) is 5.22 Å². The normalized spacial score (nSPS) is 12.1. The van der Waals surface area contributed by atoms with Crippen molar-refractivity contribution in [3.8, 4) is 0 Å². The molecule has 0 saturated heterocycles. The zero-order valence-corrected chi connectivity index (χ0v) is 25.1. The summed E-state index contributed by atoms with van der Waals surface area (Å²) in [7, 11) is -6.57. The van der Waals surface area contributed by atoms with E-state index in [1.807, 2.05) is 36.4 Å². The van der Waals surface area contributed by atoms with Gasteiger partial charge in [-0.3, -0.25) is 0 Å². The molecule has 6 heteroatoms. The van der Waals surface area contributed by atoms with Gasteiger partial charge in [-0.1, -0.05) is 0 Å². The zero-order valence-electron chi connectivity index (χ0n) is 23.1. The Kier molecular flexibility index (Phi) is 8.13. The average molecular weight is 583 g/mol. The first-order valence-electron chi connectivity index (χ1n) is 14.0. The van der Waals surface area contributed by atoms with Crippen LogP contribution in [0.2, 0.25) is 0 Å². The Balaban J connectivity index is 1.88. The van der Waals surface area contributed by atoms with Gasteiger partial charge in [0.1, 0.15) is 0 Å². The van der Waals surface area contributed by atoms with Gasteiger partial charge >= 0.3 is 249 Å². The van der Waals surface area contributed by atoms with Gasteiger partial charge in [0.15, 0.2) is 0 Å². The van der Waals surface area contributed by atoms with Gasteiger partial charge in [-0.25, -0.2) is 0 Å². The first kappa shape index (κ1) is 27.5. The first-order chi connectivity index (χ1) is 20.8. The molecule has 0 aliphatic rings. The fourth-order valence-electron chi connectivity index (χ4n) is 6.24. The standard InChI is InChI=1S/C36H32N4P2/c37-38-39-40(41(31-19-7-1-8-20-31,32-21-9-2-10-22-32)33-23-11-3-12-24-33)42(34-25-13-4-14-26-34,35-27-15-5-16-28-35)36-29-17-6-18-30-36/h1-30,41-42H. The van der Waals surface area contributed by atoms with Crippen LogP contribution in [-0.2, 0) is 0 Å². The number of hydrogen-bond donors (Lipinski definition) is 0. The Morgan fingerprint density at radius 1 is 0.357 bits per heavy atom. The van der Waals surface area contributed by atoms with Crippen LogP contribution in [0.5, 0.6) is 0 Å². The summed E-state index contributed by atoms with van der Waals surface area (Å²) in [6.07, 6.45) is 0. The second-order valence-corrected chi connectivity index (χ2v) is 17.7. The number of rotatable bonds is 9. The summed E-state index contributed by atoms with van der Waals surface area (Å²) in [6.45, 7) is 0. The molecule has 0 spiro atoms. The van der Waals surface area contributed by atoms with Gasteiger partial charge in [0.25, 0.3) is 0 Å². The molecule has 0 atom stereocenters. The van der Waals surface area contributed by atoms with E-state index < -0.39 is 14.8 Å². The van der Waals surface area contributed by atoms with E-state index in [-0.39, 0.29) is 0 Å². The maximum absolute atomic E-state index is 10.5. The molecule has 6 aromatic carbocycles. The van der Waals surface area contributed by atoms with Gasteiger partial charge in [-0.15, -0.1) is 0 Å². The molecule has 4 nitrogen and oxygen atoms in total. The first-order valence-corrected chi connectivity index (χ1v) is 17.9. The van der Waals surface area contributed by atoms with Crippen LogP contribution in [0.25, 0.3) is 10.4 Å². The number of benzene rings is 6. The molecule has 6 rings (SSSR count). The summed E-state index contributed by atoms with van der Waals surface area (Å²) in [4.78, 5) is 3.64. The van der Waals surface area contributed by atoms with Crippen molar-refractivity contribution in [3.63, 3.8) is 0 Å². The molecule has 0 unspecified atom stereocenters. The van der Waals surface area contributed by atoms with E-state index in [0.717, 1.165) is 31.8 Å². The Morgan fingerprint density at radius 3 is 0.714 bits per heavy atom. The molecule has 42 heavy (non-hydrogen) atoms. The molecule has 0 heterocycles. The van der Waals surface area contributed by atoms with Crippen LogP contribution in [0.3, 0.4) is 0 Å². The van der Waals surface area contributed by atoms with Crippen LogP contribution in [0, 0.1) is 0 Å². The SMILES string of the molecule is [N-]=[N+]=NN([PH](c1ccccc1)(c1ccccc1)c1ccccc1)[PH](c1ccccc1)(c1ccccc1)c1ccccc1. The van der Waals surface area contributed by atoms with E-state index in [9.17, 15) is 5.53 Å². The van der Waals surface area contributed by atoms with Crippen molar-refractivity contribution in [3.05, 3.63) is 192 Å². The quantitative estimate of drug-likeness (QED) is 0.0609. The summed E-state index contributed by atoms with van der Waals surface area (Å²) in [5.74, 6) is 0. The van der Waals surface area contributed by atoms with E-state index >= 15 is 0 Å². The molecule has 0 saturated carbocycles. The van der Waals surface area contributed by atoms with Crippen molar-refractivity contribution in [1.82, 2.24) is 4.55 Å². The third-order valence-electron chi connectivity index (χ3n) is 7.91. The van der Waals surface area contributed by atoms with Crippen molar-refractivity contribution in [2.45, 2.75) is 0 Å². The summed E-state index contributed by atoms with van der Waals surface area (Å²) in [5, 5.41) is 11.8. The van der Waals surface area contributed by atoms with Gasteiger partial charge in [0, 0.05) is 0 Å². The van der Waals surface area contributed by atoms with Crippen molar-refractivity contribution in [1.29, 1.82) is 0 Å². The Bertz CT molecular complexity index is 1440. The summed E-state index contributed by atoms with van der Waals surface area (Å²) >= 11 is 0. The minimum atomic E-state index is -3.28. The molecule has 0 radical (unpaired) electrons. The molecule has 0 amide bonds. The number of hydrogen-bond acceptors (Lipinski definition) is 1. The van der Waals surface area contributed by atoms with Gasteiger partial charge in [-0.2, -0.15) is 0 Å². The van der Waals surface area contributed by atoms with Crippen LogP contribution >= 0.6 is 14.8 Å². The fourth-order valence-corrected chi connectivity index (χ4v) is 18.4. The summed E-state index contributed by atoms with van der Waals surface area (Å²) in [5.41, 5.74) is 10.5. The van der Waals surface area contributed by atoms with E-state index in [0.29, 0.717) is 0 Å². The van der Waals surface area contributed by atoms with E-state index in [4.69, 9.17) is 5.22 Å². The molecule has 0 bridgehead atoms. The van der Waals surface area contributed by atoms with Crippen LogP contribution in [0.15, 0.2) is 187 Å². The average Bonchev–Trinajstić information content (AvgIpc) is 3.08. The van der Waals surface area contributed by atoms with Crippen LogP contribution in [0.1, 0.15) is 0 Å². The van der Waals surface area contributed by atoms with Crippen molar-refractivity contribution >= 4 is 46.7 Å². The predicted molar refractivity (Wildman–Crippen MR) is 184 cm³/mol. The van der Waals surface area contributed by atoms with Gasteiger partial charge in [-0.05, 0) is 0 Å². The molecular weight excluding hydrogens is 550 g/mol. The number of nitrogens with zero attached hydrogens (tertiary/aromatic N) is 4. The third kappa shape index (κ3) is 4.67. The summed E-state index contributed by atoms with van der Waals surface area (Å²) in [6, 6.07) is 63.8. The van der Waals surface area contributed by atoms with Gasteiger partial charge in [0.05, 0.1) is 0 Å². The van der Waals surface area contributed by atoms with E-state index in [1.54, 1.807) is 0 Å². The second kappa shape index (κ2) is 12.4. The summed E-state index contributed by atoms with van der Waals surface area (Å²) < 4.78 is 2.26. The molecule has 0 aromatic heterocycles. The second-order valence-electron chi connectivity index (χ2n) is 10.1. The Labute approximate surface area is 248 Å². The van der Waals surface area contributed by atoms with Crippen molar-refractivity contribution < 1.29 is 0 Å². The fraction of sp³-hybridized carbons (Fsp3) is 0. The van der Waals surface area contributed by atoms with Crippen LogP contribution < -0.4 is 31.8 Å². The Hall–Kier alpha value is -4.71. The number of azide groups is 1. The maximum atomic E-state index is 10.5. The zero-order chi connectivity index (χ0) is 28.7. The molecule has 6 aromatic rings. The van der Waals surface area contributed by atoms with Crippen LogP contribution in [-0.4, -0.2) is 4.55 Å². The van der Waals surface area contributed by atoms with Crippen molar-refractivity contribution in [2.75, 3.05) is 0 Å². The minimum absolute atomic E-state index is 1.15. The topological polar surface area (TPSA) is 52.0 Å². The molecular formula is C36H32N4P2. The molecule has 206 valence electrons. The predicted octanol–water partition coefficient (Wildman–Crippen LogP) is 6.80. The van der Waals surface area contributed by atoms with Gasteiger partial charge in [0.2, 0.25) is 0 Å². The van der Waals surface area contributed by atoms with E-state index in [1.165, 1.54) is 0 Å². The third-order valence-corrected chi connectivity index (χ3v) is 18.4. The van der Waals surface area contributed by atoms with E-state index in [2.05, 4.69) is 155 Å². The molecule has 0 fully saturated rings. The molecule has 0 N–H and O–H groups in total. The molecule has 0 aliphatic carbocycles. The molecule has 0 aliphatic heterocycles. The monoisotopic (exact) mass is 582 g/mol. The van der Waals surface area contributed by atoms with Crippen LogP contribution in [0.4, 0.5) is 0 Å². The Morgan fingerprint density at radius 2 is 0.548 bits per heavy atom. The van der Waals surface area contributed by atoms with Gasteiger partial charge < -0.3 is 0 Å².